The van der Waals surface area contributed by atoms with Crippen molar-refractivity contribution in [3.05, 3.63) is 51.6 Å². The predicted molar refractivity (Wildman–Crippen MR) is 75.7 cm³/mol. The van der Waals surface area contributed by atoms with E-state index in [0.29, 0.717) is 16.3 Å². The Morgan fingerprint density at radius 3 is 2.70 bits per heavy atom. The molecule has 20 heavy (non-hydrogen) atoms. The van der Waals surface area contributed by atoms with E-state index in [2.05, 4.69) is 10.3 Å². The number of aromatic carboxylic acids is 1. The van der Waals surface area contributed by atoms with Crippen LogP contribution in [-0.2, 0) is 0 Å². The minimum atomic E-state index is -1.12. The molecule has 0 radical (unpaired) electrons. The minimum absolute atomic E-state index is 0.0212. The van der Waals surface area contributed by atoms with Crippen LogP contribution in [0.2, 0.25) is 10.0 Å². The Bertz CT molecular complexity index is 726. The number of carboxylic acid groups (broad SMARTS) is 1. The summed E-state index contributed by atoms with van der Waals surface area (Å²) in [6.45, 7) is 0. The molecule has 0 amide bonds. The van der Waals surface area contributed by atoms with Crippen molar-refractivity contribution in [1.29, 1.82) is 5.26 Å². The number of pyridine rings is 1. The van der Waals surface area contributed by atoms with Crippen LogP contribution in [0.5, 0.6) is 0 Å². The maximum absolute atomic E-state index is 10.8. The minimum Gasteiger partial charge on any atom is -0.478 e. The lowest BCUT2D eigenvalue weighted by Gasteiger charge is -2.09. The van der Waals surface area contributed by atoms with Crippen LogP contribution in [0, 0.1) is 11.3 Å². The number of nitrogens with zero attached hydrogens (tertiary/aromatic N) is 2. The van der Waals surface area contributed by atoms with Crippen molar-refractivity contribution in [3.63, 3.8) is 0 Å². The van der Waals surface area contributed by atoms with Gasteiger partial charge in [-0.15, -0.1) is 0 Å². The number of nitriles is 1. The first kappa shape index (κ1) is 14.1. The smallest absolute Gasteiger partial charge is 0.337 e. The van der Waals surface area contributed by atoms with Crippen molar-refractivity contribution in [3.8, 4) is 6.07 Å². The lowest BCUT2D eigenvalue weighted by Crippen LogP contribution is -2.01. The molecule has 0 aliphatic carbocycles. The number of carboxylic acids is 1. The summed E-state index contributed by atoms with van der Waals surface area (Å²) in [5, 5.41) is 21.3. The Morgan fingerprint density at radius 2 is 2.10 bits per heavy atom. The molecule has 0 aliphatic rings. The van der Waals surface area contributed by atoms with Crippen LogP contribution in [0.3, 0.4) is 0 Å². The summed E-state index contributed by atoms with van der Waals surface area (Å²) in [7, 11) is 0. The van der Waals surface area contributed by atoms with E-state index in [9.17, 15) is 4.79 Å². The van der Waals surface area contributed by atoms with E-state index in [4.69, 9.17) is 33.6 Å². The molecule has 0 fully saturated rings. The number of nitrogens with one attached hydrogen (secondary N) is 1. The van der Waals surface area contributed by atoms with Gasteiger partial charge in [-0.2, -0.15) is 5.26 Å². The molecule has 1 aromatic carbocycles. The van der Waals surface area contributed by atoms with Gasteiger partial charge in [0.25, 0.3) is 0 Å². The number of rotatable bonds is 3. The van der Waals surface area contributed by atoms with E-state index in [1.807, 2.05) is 6.07 Å². The molecular weight excluding hydrogens is 301 g/mol. The van der Waals surface area contributed by atoms with Crippen LogP contribution in [0.25, 0.3) is 0 Å². The van der Waals surface area contributed by atoms with E-state index in [0.717, 1.165) is 0 Å². The summed E-state index contributed by atoms with van der Waals surface area (Å²) >= 11 is 11.8. The largest absolute Gasteiger partial charge is 0.478 e. The maximum atomic E-state index is 10.8. The molecule has 2 aromatic rings. The zero-order valence-corrected chi connectivity index (χ0v) is 11.4. The van der Waals surface area contributed by atoms with Crippen molar-refractivity contribution in [2.45, 2.75) is 0 Å². The molecule has 0 saturated heterocycles. The summed E-state index contributed by atoms with van der Waals surface area (Å²) in [6, 6.07) is 7.99. The topological polar surface area (TPSA) is 86.0 Å². The van der Waals surface area contributed by atoms with Gasteiger partial charge in [-0.05, 0) is 24.3 Å². The highest BCUT2D eigenvalue weighted by Gasteiger charge is 2.10. The maximum Gasteiger partial charge on any atom is 0.337 e. The Hall–Kier alpha value is -2.29. The van der Waals surface area contributed by atoms with E-state index in [-0.39, 0.29) is 16.4 Å². The Labute approximate surface area is 124 Å². The van der Waals surface area contributed by atoms with E-state index in [1.165, 1.54) is 12.3 Å². The van der Waals surface area contributed by atoms with Crippen molar-refractivity contribution < 1.29 is 9.90 Å². The van der Waals surface area contributed by atoms with Gasteiger partial charge in [0.1, 0.15) is 11.9 Å². The summed E-state index contributed by atoms with van der Waals surface area (Å²) in [4.78, 5) is 14.7. The van der Waals surface area contributed by atoms with Gasteiger partial charge in [-0.1, -0.05) is 23.2 Å². The summed E-state index contributed by atoms with van der Waals surface area (Å²) < 4.78 is 0. The highest BCUT2D eigenvalue weighted by atomic mass is 35.5. The molecule has 0 aliphatic heterocycles. The van der Waals surface area contributed by atoms with Gasteiger partial charge in [0.15, 0.2) is 0 Å². The third-order valence-electron chi connectivity index (χ3n) is 2.44. The molecule has 0 atom stereocenters. The molecular formula is C13H7Cl2N3O2. The van der Waals surface area contributed by atoms with Crippen molar-refractivity contribution in [2.75, 3.05) is 5.32 Å². The molecule has 7 heteroatoms. The summed E-state index contributed by atoms with van der Waals surface area (Å²) in [5.41, 5.74) is 0.791. The highest BCUT2D eigenvalue weighted by Crippen LogP contribution is 2.27. The molecule has 1 heterocycles. The second-order valence-electron chi connectivity index (χ2n) is 3.79. The Balaban J connectivity index is 2.38. The summed E-state index contributed by atoms with van der Waals surface area (Å²) in [5.74, 6) is -0.873. The van der Waals surface area contributed by atoms with Crippen molar-refractivity contribution in [1.82, 2.24) is 4.98 Å². The molecule has 2 rings (SSSR count). The summed E-state index contributed by atoms with van der Waals surface area (Å²) in [6.07, 6.45) is 1.17. The number of hydrogen-bond donors (Lipinski definition) is 2. The van der Waals surface area contributed by atoms with Gasteiger partial charge >= 0.3 is 5.97 Å². The number of carbonyl (C=O) groups is 1. The zero-order chi connectivity index (χ0) is 14.7. The van der Waals surface area contributed by atoms with Crippen molar-refractivity contribution in [2.24, 2.45) is 0 Å². The molecule has 2 N–H and O–H groups in total. The first-order valence-corrected chi connectivity index (χ1v) is 6.12. The normalized spacial score (nSPS) is 9.85. The quantitative estimate of drug-likeness (QED) is 0.903. The van der Waals surface area contributed by atoms with Crippen LogP contribution >= 0.6 is 23.2 Å². The van der Waals surface area contributed by atoms with Gasteiger partial charge in [0.2, 0.25) is 0 Å². The Kier molecular flexibility index (Phi) is 4.08. The molecule has 0 unspecified atom stereocenters. The second-order valence-corrected chi connectivity index (χ2v) is 4.63. The van der Waals surface area contributed by atoms with E-state index in [1.54, 1.807) is 18.2 Å². The second kappa shape index (κ2) is 5.78. The fourth-order valence-electron chi connectivity index (χ4n) is 1.49. The first-order chi connectivity index (χ1) is 9.51. The van der Waals surface area contributed by atoms with Crippen LogP contribution in [0.1, 0.15) is 15.9 Å². The molecule has 0 bridgehead atoms. The van der Waals surface area contributed by atoms with Crippen LogP contribution in [0.15, 0.2) is 30.5 Å². The number of hydrogen-bond acceptors (Lipinski definition) is 4. The number of halogens is 2. The SMILES string of the molecule is N#Cc1ccc(Cl)cc1Nc1ncc(C(=O)O)cc1Cl. The average Bonchev–Trinajstić information content (AvgIpc) is 2.41. The van der Waals surface area contributed by atoms with Gasteiger partial charge in [-0.3, -0.25) is 0 Å². The highest BCUT2D eigenvalue weighted by molar-refractivity contribution is 6.33. The van der Waals surface area contributed by atoms with Crippen LogP contribution in [0.4, 0.5) is 11.5 Å². The van der Waals surface area contributed by atoms with Gasteiger partial charge in [-0.25, -0.2) is 9.78 Å². The standard InChI is InChI=1S/C13H7Cl2N3O2/c14-9-2-1-7(5-16)11(4-9)18-12-10(15)3-8(6-17-12)13(19)20/h1-4,6H,(H,17,18)(H,19,20). The molecule has 5 nitrogen and oxygen atoms in total. The predicted octanol–water partition coefficient (Wildman–Crippen LogP) is 3.70. The van der Waals surface area contributed by atoms with Crippen LogP contribution in [-0.4, -0.2) is 16.1 Å². The number of benzene rings is 1. The molecule has 0 spiro atoms. The van der Waals surface area contributed by atoms with Gasteiger partial charge in [0.05, 0.1) is 21.8 Å². The lowest BCUT2D eigenvalue weighted by atomic mass is 10.2. The van der Waals surface area contributed by atoms with E-state index < -0.39 is 5.97 Å². The lowest BCUT2D eigenvalue weighted by molar-refractivity contribution is 0.0696. The van der Waals surface area contributed by atoms with E-state index >= 15 is 0 Å². The van der Waals surface area contributed by atoms with Gasteiger partial charge < -0.3 is 10.4 Å². The average molecular weight is 308 g/mol. The zero-order valence-electron chi connectivity index (χ0n) is 9.89. The third-order valence-corrected chi connectivity index (χ3v) is 2.97. The molecule has 1 aromatic heterocycles. The number of anilines is 2. The first-order valence-electron chi connectivity index (χ1n) is 5.37. The van der Waals surface area contributed by atoms with Crippen molar-refractivity contribution >= 4 is 40.7 Å². The third kappa shape index (κ3) is 2.99. The number of aromatic nitrogens is 1. The van der Waals surface area contributed by atoms with Gasteiger partial charge in [0, 0.05) is 11.2 Å². The fraction of sp³-hybridized carbons (Fsp3) is 0. The molecule has 100 valence electrons. The monoisotopic (exact) mass is 307 g/mol. The molecule has 0 saturated carbocycles. The van der Waals surface area contributed by atoms with Crippen LogP contribution < -0.4 is 5.32 Å². The Morgan fingerprint density at radius 1 is 1.35 bits per heavy atom. The fourth-order valence-corrected chi connectivity index (χ4v) is 1.88.